The molecule has 0 aliphatic rings. The predicted molar refractivity (Wildman–Crippen MR) is 105 cm³/mol. The Hall–Kier alpha value is -2.34. The molecule has 0 saturated heterocycles. The summed E-state index contributed by atoms with van der Waals surface area (Å²) in [5.41, 5.74) is 0.594. The van der Waals surface area contributed by atoms with Gasteiger partial charge in [-0.05, 0) is 46.1 Å². The fraction of sp³-hybridized carbons (Fsp3) is 0.300. The average molecular weight is 419 g/mol. The molecule has 0 saturated carbocycles. The van der Waals surface area contributed by atoms with E-state index >= 15 is 0 Å². The maximum atomic E-state index is 12.5. The lowest BCUT2D eigenvalue weighted by Crippen LogP contribution is -2.44. The average Bonchev–Trinajstić information content (AvgIpc) is 2.64. The van der Waals surface area contributed by atoms with E-state index in [1.807, 2.05) is 56.3 Å². The van der Waals surface area contributed by atoms with E-state index in [0.29, 0.717) is 24.4 Å². The monoisotopic (exact) mass is 418 g/mol. The van der Waals surface area contributed by atoms with Crippen LogP contribution in [0.5, 0.6) is 5.75 Å². The maximum absolute atomic E-state index is 12.5. The van der Waals surface area contributed by atoms with Crippen molar-refractivity contribution in [3.05, 3.63) is 64.6 Å². The molecule has 2 aromatic rings. The molecule has 0 aromatic heterocycles. The zero-order chi connectivity index (χ0) is 18.9. The van der Waals surface area contributed by atoms with Crippen molar-refractivity contribution in [3.8, 4) is 5.75 Å². The molecule has 2 rings (SSSR count). The molecule has 5 nitrogen and oxygen atoms in total. The molecule has 1 unspecified atom stereocenters. The van der Waals surface area contributed by atoms with E-state index in [0.717, 1.165) is 4.47 Å². The number of ether oxygens (including phenoxy) is 1. The van der Waals surface area contributed by atoms with Crippen LogP contribution in [-0.2, 0) is 4.79 Å². The number of hydrogen-bond acceptors (Lipinski definition) is 3. The van der Waals surface area contributed by atoms with Gasteiger partial charge in [-0.25, -0.2) is 0 Å². The number of nitrogens with one attached hydrogen (secondary N) is 2. The molecule has 2 N–H and O–H groups in total. The number of rotatable bonds is 8. The molecule has 0 aliphatic heterocycles. The Kier molecular flexibility index (Phi) is 7.66. The Bertz CT molecular complexity index is 735. The molecule has 0 radical (unpaired) electrons. The van der Waals surface area contributed by atoms with E-state index < -0.39 is 6.10 Å². The normalized spacial score (nSPS) is 11.7. The van der Waals surface area contributed by atoms with E-state index in [1.54, 1.807) is 12.1 Å². The van der Waals surface area contributed by atoms with E-state index in [9.17, 15) is 9.59 Å². The summed E-state index contributed by atoms with van der Waals surface area (Å²) < 4.78 is 6.67. The van der Waals surface area contributed by atoms with Gasteiger partial charge in [-0.15, -0.1) is 0 Å². The van der Waals surface area contributed by atoms with E-state index in [2.05, 4.69) is 26.6 Å². The molecule has 26 heavy (non-hydrogen) atoms. The lowest BCUT2D eigenvalue weighted by molar-refractivity contribution is -0.129. The largest absolute Gasteiger partial charge is 0.479 e. The van der Waals surface area contributed by atoms with E-state index in [1.165, 1.54) is 0 Å². The van der Waals surface area contributed by atoms with Crippen molar-refractivity contribution in [3.63, 3.8) is 0 Å². The number of para-hydroxylation sites is 1. The summed E-state index contributed by atoms with van der Waals surface area (Å²) in [7, 11) is 0. The van der Waals surface area contributed by atoms with Gasteiger partial charge in [-0.2, -0.15) is 0 Å². The third-order valence-electron chi connectivity index (χ3n) is 3.70. The van der Waals surface area contributed by atoms with Gasteiger partial charge in [-0.1, -0.05) is 44.2 Å². The first-order chi connectivity index (χ1) is 12.5. The van der Waals surface area contributed by atoms with Crippen molar-refractivity contribution in [2.45, 2.75) is 20.0 Å². The summed E-state index contributed by atoms with van der Waals surface area (Å²) in [4.78, 5) is 24.4. The minimum absolute atomic E-state index is 0.000941. The minimum Gasteiger partial charge on any atom is -0.479 e. The summed E-state index contributed by atoms with van der Waals surface area (Å²) in [6, 6.07) is 16.4. The van der Waals surface area contributed by atoms with Gasteiger partial charge in [-0.3, -0.25) is 9.59 Å². The van der Waals surface area contributed by atoms with Crippen molar-refractivity contribution >= 4 is 27.7 Å². The second-order valence-corrected chi connectivity index (χ2v) is 6.98. The lowest BCUT2D eigenvalue weighted by atomic mass is 10.1. The van der Waals surface area contributed by atoms with Crippen LogP contribution in [-0.4, -0.2) is 31.0 Å². The highest BCUT2D eigenvalue weighted by atomic mass is 79.9. The number of halogens is 1. The van der Waals surface area contributed by atoms with Crippen LogP contribution in [0.3, 0.4) is 0 Å². The van der Waals surface area contributed by atoms with Gasteiger partial charge in [0.1, 0.15) is 5.75 Å². The Labute approximate surface area is 162 Å². The van der Waals surface area contributed by atoms with Crippen molar-refractivity contribution in [2.24, 2.45) is 5.92 Å². The Morgan fingerprint density at radius 1 is 0.962 bits per heavy atom. The first kappa shape index (κ1) is 20.0. The molecule has 138 valence electrons. The summed E-state index contributed by atoms with van der Waals surface area (Å²) in [6.45, 7) is 4.54. The molecule has 0 bridgehead atoms. The molecular weight excluding hydrogens is 396 g/mol. The highest BCUT2D eigenvalue weighted by Gasteiger charge is 2.24. The lowest BCUT2D eigenvalue weighted by Gasteiger charge is -2.22. The number of hydrogen-bond donors (Lipinski definition) is 2. The molecule has 1 atom stereocenters. The summed E-state index contributed by atoms with van der Waals surface area (Å²) in [5, 5.41) is 5.60. The zero-order valence-electron chi connectivity index (χ0n) is 14.9. The number of benzene rings is 2. The molecule has 2 amide bonds. The molecule has 0 fully saturated rings. The molecule has 2 aromatic carbocycles. The van der Waals surface area contributed by atoms with Crippen LogP contribution in [0.1, 0.15) is 24.2 Å². The topological polar surface area (TPSA) is 67.4 Å². The van der Waals surface area contributed by atoms with Gasteiger partial charge < -0.3 is 15.4 Å². The fourth-order valence-electron chi connectivity index (χ4n) is 2.32. The quantitative estimate of drug-likeness (QED) is 0.645. The molecule has 0 heterocycles. The summed E-state index contributed by atoms with van der Waals surface area (Å²) in [6.07, 6.45) is -0.612. The van der Waals surface area contributed by atoms with Gasteiger partial charge >= 0.3 is 0 Å². The van der Waals surface area contributed by atoms with Gasteiger partial charge in [0.25, 0.3) is 11.8 Å². The Morgan fingerprint density at radius 2 is 1.58 bits per heavy atom. The Morgan fingerprint density at radius 3 is 2.23 bits per heavy atom. The number of carbonyl (C=O) groups is 2. The predicted octanol–water partition coefficient (Wildman–Crippen LogP) is 3.40. The van der Waals surface area contributed by atoms with Gasteiger partial charge in [0.05, 0.1) is 4.47 Å². The van der Waals surface area contributed by atoms with Crippen molar-refractivity contribution in [2.75, 3.05) is 13.1 Å². The number of carbonyl (C=O) groups excluding carboxylic acids is 2. The maximum Gasteiger partial charge on any atom is 0.261 e. The van der Waals surface area contributed by atoms with Crippen LogP contribution in [0.25, 0.3) is 0 Å². The van der Waals surface area contributed by atoms with Crippen LogP contribution in [0.2, 0.25) is 0 Å². The first-order valence-electron chi connectivity index (χ1n) is 8.51. The zero-order valence-corrected chi connectivity index (χ0v) is 16.5. The highest BCUT2D eigenvalue weighted by Crippen LogP contribution is 2.26. The first-order valence-corrected chi connectivity index (χ1v) is 9.30. The second kappa shape index (κ2) is 9.97. The third kappa shape index (κ3) is 5.88. The van der Waals surface area contributed by atoms with Crippen LogP contribution in [0, 0.1) is 5.92 Å². The summed E-state index contributed by atoms with van der Waals surface area (Å²) in [5.74, 6) is 0.259. The highest BCUT2D eigenvalue weighted by molar-refractivity contribution is 9.10. The molecule has 0 spiro atoms. The standard InChI is InChI=1S/C20H23BrN2O3/c1-14(2)18(26-17-11-7-6-10-16(17)21)20(25)23-13-12-22-19(24)15-8-4-3-5-9-15/h3-11,14,18H,12-13H2,1-2H3,(H,22,24)(H,23,25). The van der Waals surface area contributed by atoms with Crippen LogP contribution < -0.4 is 15.4 Å². The van der Waals surface area contributed by atoms with Crippen molar-refractivity contribution in [1.82, 2.24) is 10.6 Å². The number of amides is 2. The SMILES string of the molecule is CC(C)C(Oc1ccccc1Br)C(=O)NCCNC(=O)c1ccccc1. The fourth-order valence-corrected chi connectivity index (χ4v) is 2.70. The summed E-state index contributed by atoms with van der Waals surface area (Å²) >= 11 is 3.42. The Balaban J connectivity index is 1.82. The van der Waals surface area contributed by atoms with Crippen LogP contribution in [0.4, 0.5) is 0 Å². The van der Waals surface area contributed by atoms with E-state index in [4.69, 9.17) is 4.74 Å². The third-order valence-corrected chi connectivity index (χ3v) is 4.36. The van der Waals surface area contributed by atoms with Crippen molar-refractivity contribution < 1.29 is 14.3 Å². The van der Waals surface area contributed by atoms with Crippen molar-refractivity contribution in [1.29, 1.82) is 0 Å². The second-order valence-electron chi connectivity index (χ2n) is 6.13. The van der Waals surface area contributed by atoms with Crippen LogP contribution in [0.15, 0.2) is 59.1 Å². The molecule has 0 aliphatic carbocycles. The van der Waals surface area contributed by atoms with Gasteiger partial charge in [0.2, 0.25) is 0 Å². The molecular formula is C20H23BrN2O3. The van der Waals surface area contributed by atoms with Gasteiger partial charge in [0, 0.05) is 18.7 Å². The molecule has 6 heteroatoms. The van der Waals surface area contributed by atoms with E-state index in [-0.39, 0.29) is 17.7 Å². The smallest absolute Gasteiger partial charge is 0.261 e. The van der Waals surface area contributed by atoms with Crippen LogP contribution >= 0.6 is 15.9 Å². The minimum atomic E-state index is -0.612. The van der Waals surface area contributed by atoms with Gasteiger partial charge in [0.15, 0.2) is 6.10 Å².